The number of nitro groups is 1. The van der Waals surface area contributed by atoms with Crippen molar-refractivity contribution in [2.24, 2.45) is 0 Å². The maximum absolute atomic E-state index is 12.3. The molecule has 0 aliphatic carbocycles. The summed E-state index contributed by atoms with van der Waals surface area (Å²) >= 11 is 0. The number of benzene rings is 1. The van der Waals surface area contributed by atoms with Crippen molar-refractivity contribution in [2.75, 3.05) is 13.7 Å². The van der Waals surface area contributed by atoms with Gasteiger partial charge >= 0.3 is 11.9 Å². The molecule has 0 spiro atoms. The molecule has 1 aromatic carbocycles. The second-order valence-electron chi connectivity index (χ2n) is 5.08. The number of carbonyl (C=O) groups is 2. The fourth-order valence-electron chi connectivity index (χ4n) is 2.45. The lowest BCUT2D eigenvalue weighted by Gasteiger charge is -2.28. The van der Waals surface area contributed by atoms with Gasteiger partial charge in [0.15, 0.2) is 0 Å². The Morgan fingerprint density at radius 1 is 1.35 bits per heavy atom. The molecule has 2 rings (SSSR count). The summed E-state index contributed by atoms with van der Waals surface area (Å²) in [7, 11) is 1.12. The molecule has 0 amide bonds. The monoisotopic (exact) mass is 324 g/mol. The third-order valence-corrected chi connectivity index (χ3v) is 3.73. The van der Waals surface area contributed by atoms with Gasteiger partial charge in [-0.25, -0.2) is 9.59 Å². The first kappa shape index (κ1) is 16.8. The lowest BCUT2D eigenvalue weighted by molar-refractivity contribution is -0.384. The molecule has 1 saturated heterocycles. The van der Waals surface area contributed by atoms with E-state index in [1.165, 1.54) is 24.3 Å². The lowest BCUT2D eigenvalue weighted by Crippen LogP contribution is -2.56. The summed E-state index contributed by atoms with van der Waals surface area (Å²) in [6, 6.07) is 5.46. The molecule has 0 radical (unpaired) electrons. The van der Waals surface area contributed by atoms with E-state index in [4.69, 9.17) is 4.74 Å². The predicted octanol–water partition coefficient (Wildman–Crippen LogP) is 1.03. The van der Waals surface area contributed by atoms with Crippen LogP contribution >= 0.6 is 0 Å². The van der Waals surface area contributed by atoms with Crippen molar-refractivity contribution in [3.8, 4) is 0 Å². The van der Waals surface area contributed by atoms with Gasteiger partial charge in [-0.05, 0) is 30.5 Å². The highest BCUT2D eigenvalue weighted by atomic mass is 16.6. The number of nitrogens with zero attached hydrogens (tertiary/aromatic N) is 2. The smallest absolute Gasteiger partial charge is 0.340 e. The summed E-state index contributed by atoms with van der Waals surface area (Å²) in [5.74, 6) is -1.80. The molecule has 23 heavy (non-hydrogen) atoms. The number of non-ortho nitro benzene ring substituents is 1. The van der Waals surface area contributed by atoms with Gasteiger partial charge < -0.3 is 14.7 Å². The molecule has 1 aliphatic heterocycles. The van der Waals surface area contributed by atoms with Crippen molar-refractivity contribution in [2.45, 2.75) is 25.0 Å². The molecular formula is C14H16N2O7. The van der Waals surface area contributed by atoms with Crippen LogP contribution in [0.2, 0.25) is 0 Å². The summed E-state index contributed by atoms with van der Waals surface area (Å²) in [6.07, 6.45) is 0.535. The topological polar surface area (TPSA) is 119 Å². The van der Waals surface area contributed by atoms with Crippen molar-refractivity contribution in [3.63, 3.8) is 0 Å². The maximum atomic E-state index is 12.3. The number of hydroxylamine groups is 2. The van der Waals surface area contributed by atoms with Crippen LogP contribution in [0.25, 0.3) is 0 Å². The summed E-state index contributed by atoms with van der Waals surface area (Å²) in [5, 5.41) is 21.1. The minimum Gasteiger partial charge on any atom is -0.467 e. The SMILES string of the molecule is COC(=O)[C@]1(C(=O)OCc2ccc([N+](=O)[O-])cc2)CCCN1O. The summed E-state index contributed by atoms with van der Waals surface area (Å²) in [4.78, 5) is 34.2. The Balaban J connectivity index is 2.08. The van der Waals surface area contributed by atoms with Crippen molar-refractivity contribution >= 4 is 17.6 Å². The zero-order valence-electron chi connectivity index (χ0n) is 12.4. The van der Waals surface area contributed by atoms with Crippen LogP contribution in [0.1, 0.15) is 18.4 Å². The van der Waals surface area contributed by atoms with Gasteiger partial charge in [0.05, 0.1) is 12.0 Å². The van der Waals surface area contributed by atoms with E-state index in [-0.39, 0.29) is 25.3 Å². The normalized spacial score (nSPS) is 21.0. The van der Waals surface area contributed by atoms with Crippen molar-refractivity contribution < 1.29 is 29.2 Å². The van der Waals surface area contributed by atoms with E-state index in [1.54, 1.807) is 0 Å². The van der Waals surface area contributed by atoms with Crippen LogP contribution in [-0.2, 0) is 25.7 Å². The third kappa shape index (κ3) is 3.15. The van der Waals surface area contributed by atoms with Crippen LogP contribution in [0, 0.1) is 10.1 Å². The van der Waals surface area contributed by atoms with Gasteiger partial charge in [0, 0.05) is 18.7 Å². The van der Waals surface area contributed by atoms with Crippen molar-refractivity contribution in [1.82, 2.24) is 5.06 Å². The van der Waals surface area contributed by atoms with Crippen molar-refractivity contribution in [3.05, 3.63) is 39.9 Å². The fraction of sp³-hybridized carbons (Fsp3) is 0.429. The number of hydrogen-bond donors (Lipinski definition) is 1. The second kappa shape index (κ2) is 6.71. The largest absolute Gasteiger partial charge is 0.467 e. The first-order valence-corrected chi connectivity index (χ1v) is 6.87. The van der Waals surface area contributed by atoms with Crippen LogP contribution in [0.5, 0.6) is 0 Å². The Bertz CT molecular complexity index is 616. The molecule has 124 valence electrons. The molecule has 1 fully saturated rings. The standard InChI is InChI=1S/C14H16N2O7/c1-22-12(17)14(7-2-8-15(14)19)13(18)23-9-10-3-5-11(6-4-10)16(20)21/h3-6,19H,2,7-9H2,1H3/t14-/m0/s1. The van der Waals surface area contributed by atoms with Crippen LogP contribution in [0.4, 0.5) is 5.69 Å². The van der Waals surface area contributed by atoms with Gasteiger partial charge in [-0.15, -0.1) is 0 Å². The number of methoxy groups -OCH3 is 1. The highest BCUT2D eigenvalue weighted by molar-refractivity contribution is 6.05. The number of esters is 2. The molecule has 9 heteroatoms. The number of hydrogen-bond acceptors (Lipinski definition) is 8. The van der Waals surface area contributed by atoms with E-state index in [0.717, 1.165) is 7.11 Å². The van der Waals surface area contributed by atoms with E-state index < -0.39 is 22.4 Å². The highest BCUT2D eigenvalue weighted by Gasteiger charge is 2.56. The fourth-order valence-corrected chi connectivity index (χ4v) is 2.45. The summed E-state index contributed by atoms with van der Waals surface area (Å²) in [5.41, 5.74) is -1.41. The zero-order chi connectivity index (χ0) is 17.0. The molecule has 1 N–H and O–H groups in total. The Kier molecular flexibility index (Phi) is 4.92. The molecule has 1 heterocycles. The van der Waals surface area contributed by atoms with Crippen LogP contribution in [0.15, 0.2) is 24.3 Å². The van der Waals surface area contributed by atoms with Gasteiger partial charge in [-0.3, -0.25) is 10.1 Å². The first-order chi connectivity index (χ1) is 10.9. The van der Waals surface area contributed by atoms with E-state index in [2.05, 4.69) is 4.74 Å². The second-order valence-corrected chi connectivity index (χ2v) is 5.08. The van der Waals surface area contributed by atoms with E-state index in [0.29, 0.717) is 17.0 Å². The average Bonchev–Trinajstić information content (AvgIpc) is 2.94. The van der Waals surface area contributed by atoms with Crippen LogP contribution in [0.3, 0.4) is 0 Å². The van der Waals surface area contributed by atoms with Crippen LogP contribution < -0.4 is 0 Å². The molecule has 0 aromatic heterocycles. The number of ether oxygens (including phenoxy) is 2. The molecule has 1 aliphatic rings. The summed E-state index contributed by atoms with van der Waals surface area (Å²) < 4.78 is 9.70. The van der Waals surface area contributed by atoms with Gasteiger partial charge in [-0.2, -0.15) is 5.06 Å². The summed E-state index contributed by atoms with van der Waals surface area (Å²) in [6.45, 7) is -0.0227. The third-order valence-electron chi connectivity index (χ3n) is 3.73. The molecule has 9 nitrogen and oxygen atoms in total. The Morgan fingerprint density at radius 3 is 2.48 bits per heavy atom. The van der Waals surface area contributed by atoms with Crippen molar-refractivity contribution in [1.29, 1.82) is 0 Å². The molecule has 0 unspecified atom stereocenters. The minimum absolute atomic E-state index is 0.0802. The number of carbonyl (C=O) groups excluding carboxylic acids is 2. The van der Waals surface area contributed by atoms with E-state index in [9.17, 15) is 24.9 Å². The van der Waals surface area contributed by atoms with Gasteiger partial charge in [0.25, 0.3) is 5.69 Å². The Hall–Kier alpha value is -2.52. The number of rotatable bonds is 5. The molecule has 1 aromatic rings. The van der Waals surface area contributed by atoms with Gasteiger partial charge in [-0.1, -0.05) is 0 Å². The molecular weight excluding hydrogens is 308 g/mol. The van der Waals surface area contributed by atoms with E-state index >= 15 is 0 Å². The molecule has 1 atom stereocenters. The quantitative estimate of drug-likeness (QED) is 0.369. The minimum atomic E-state index is -1.85. The first-order valence-electron chi connectivity index (χ1n) is 6.87. The Labute approximate surface area is 131 Å². The predicted molar refractivity (Wildman–Crippen MR) is 75.4 cm³/mol. The highest BCUT2D eigenvalue weighted by Crippen LogP contribution is 2.30. The Morgan fingerprint density at radius 2 is 2.00 bits per heavy atom. The lowest BCUT2D eigenvalue weighted by atomic mass is 9.97. The molecule has 0 bridgehead atoms. The zero-order valence-corrected chi connectivity index (χ0v) is 12.4. The molecule has 0 saturated carbocycles. The van der Waals surface area contributed by atoms with Gasteiger partial charge in [0.2, 0.25) is 5.54 Å². The maximum Gasteiger partial charge on any atom is 0.340 e. The number of nitro benzene ring substituents is 1. The van der Waals surface area contributed by atoms with E-state index in [1.807, 2.05) is 0 Å². The van der Waals surface area contributed by atoms with Gasteiger partial charge in [0.1, 0.15) is 6.61 Å². The average molecular weight is 324 g/mol. The van der Waals surface area contributed by atoms with Crippen LogP contribution in [-0.4, -0.2) is 46.3 Å².